The van der Waals surface area contributed by atoms with Gasteiger partial charge >= 0.3 is 0 Å². The summed E-state index contributed by atoms with van der Waals surface area (Å²) < 4.78 is 0.793. The normalized spacial score (nSPS) is 11.5. The van der Waals surface area contributed by atoms with Crippen LogP contribution >= 0.6 is 15.9 Å². The number of amidine groups is 1. The van der Waals surface area contributed by atoms with Crippen LogP contribution in [0.2, 0.25) is 0 Å². The molecule has 0 spiro atoms. The molecule has 0 aliphatic rings. The molecule has 0 radical (unpaired) electrons. The summed E-state index contributed by atoms with van der Waals surface area (Å²) in [5, 5.41) is 11.8. The number of aryl methyl sites for hydroxylation is 1. The molecular formula is C16H18BrN3O. The Kier molecular flexibility index (Phi) is 4.85. The lowest BCUT2D eigenvalue weighted by atomic mass is 10.1. The van der Waals surface area contributed by atoms with Gasteiger partial charge < -0.3 is 15.8 Å². The predicted octanol–water partition coefficient (Wildman–Crippen LogP) is 4.01. The Balaban J connectivity index is 2.42. The zero-order valence-corrected chi connectivity index (χ0v) is 13.6. The van der Waals surface area contributed by atoms with Crippen LogP contribution in [-0.2, 0) is 0 Å². The minimum Gasteiger partial charge on any atom is -0.409 e. The van der Waals surface area contributed by atoms with E-state index < -0.39 is 0 Å². The summed E-state index contributed by atoms with van der Waals surface area (Å²) in [5.41, 5.74) is 9.72. The van der Waals surface area contributed by atoms with Crippen LogP contribution in [0.1, 0.15) is 18.1 Å². The van der Waals surface area contributed by atoms with Gasteiger partial charge in [0.15, 0.2) is 5.84 Å². The Morgan fingerprint density at radius 2 is 1.95 bits per heavy atom. The second-order valence-electron chi connectivity index (χ2n) is 4.73. The van der Waals surface area contributed by atoms with Crippen LogP contribution in [0.5, 0.6) is 0 Å². The summed E-state index contributed by atoms with van der Waals surface area (Å²) in [4.78, 5) is 2.20. The largest absolute Gasteiger partial charge is 0.409 e. The third-order valence-electron chi connectivity index (χ3n) is 3.28. The molecule has 5 heteroatoms. The van der Waals surface area contributed by atoms with E-state index in [1.165, 1.54) is 5.56 Å². The molecule has 0 saturated heterocycles. The zero-order valence-electron chi connectivity index (χ0n) is 12.0. The van der Waals surface area contributed by atoms with E-state index in [0.29, 0.717) is 5.56 Å². The molecule has 0 aliphatic carbocycles. The molecule has 0 aromatic heterocycles. The molecule has 4 nitrogen and oxygen atoms in total. The predicted molar refractivity (Wildman–Crippen MR) is 90.5 cm³/mol. The van der Waals surface area contributed by atoms with Crippen LogP contribution in [0.4, 0.5) is 11.4 Å². The molecule has 0 aliphatic heterocycles. The molecule has 21 heavy (non-hydrogen) atoms. The summed E-state index contributed by atoms with van der Waals surface area (Å²) >= 11 is 3.47. The fourth-order valence-corrected chi connectivity index (χ4v) is 2.81. The molecule has 0 fully saturated rings. The molecule has 2 aromatic carbocycles. The summed E-state index contributed by atoms with van der Waals surface area (Å²) in [5.74, 6) is 0.0898. The average molecular weight is 348 g/mol. The number of rotatable bonds is 4. The topological polar surface area (TPSA) is 61.8 Å². The third kappa shape index (κ3) is 3.36. The number of halogens is 1. The number of oxime groups is 1. The second kappa shape index (κ2) is 6.63. The van der Waals surface area contributed by atoms with Gasteiger partial charge in [-0.05, 0) is 65.7 Å². The SMILES string of the molecule is CCN(c1cccc(C)c1)c1ccc(/C(N)=N/O)c(Br)c1. The molecule has 3 N–H and O–H groups in total. The van der Waals surface area contributed by atoms with Crippen molar-refractivity contribution in [3.05, 3.63) is 58.1 Å². The molecular weight excluding hydrogens is 330 g/mol. The molecule has 0 bridgehead atoms. The highest BCUT2D eigenvalue weighted by Crippen LogP contribution is 2.29. The van der Waals surface area contributed by atoms with Crippen LogP contribution in [0, 0.1) is 6.92 Å². The Morgan fingerprint density at radius 1 is 1.24 bits per heavy atom. The number of benzene rings is 2. The lowest BCUT2D eigenvalue weighted by Gasteiger charge is -2.24. The first-order valence-electron chi connectivity index (χ1n) is 6.68. The number of hydrogen-bond acceptors (Lipinski definition) is 3. The van der Waals surface area contributed by atoms with Gasteiger partial charge in [-0.2, -0.15) is 0 Å². The van der Waals surface area contributed by atoms with E-state index in [1.54, 1.807) is 0 Å². The van der Waals surface area contributed by atoms with Gasteiger partial charge in [0.05, 0.1) is 0 Å². The maximum Gasteiger partial charge on any atom is 0.171 e. The van der Waals surface area contributed by atoms with Crippen molar-refractivity contribution in [3.8, 4) is 0 Å². The Hall–Kier alpha value is -2.01. The lowest BCUT2D eigenvalue weighted by molar-refractivity contribution is 0.318. The van der Waals surface area contributed by atoms with Crippen LogP contribution in [0.3, 0.4) is 0 Å². The number of nitrogens with two attached hydrogens (primary N) is 1. The van der Waals surface area contributed by atoms with Crippen molar-refractivity contribution in [2.24, 2.45) is 10.9 Å². The van der Waals surface area contributed by atoms with Crippen LogP contribution in [0.15, 0.2) is 52.1 Å². The first-order chi connectivity index (χ1) is 10.1. The minimum atomic E-state index is 0.0898. The lowest BCUT2D eigenvalue weighted by Crippen LogP contribution is -2.17. The van der Waals surface area contributed by atoms with E-state index in [4.69, 9.17) is 10.9 Å². The van der Waals surface area contributed by atoms with Crippen molar-refractivity contribution in [2.45, 2.75) is 13.8 Å². The summed E-state index contributed by atoms with van der Waals surface area (Å²) in [6.45, 7) is 5.03. The monoisotopic (exact) mass is 347 g/mol. The highest BCUT2D eigenvalue weighted by molar-refractivity contribution is 9.10. The average Bonchev–Trinajstić information content (AvgIpc) is 2.47. The summed E-state index contributed by atoms with van der Waals surface area (Å²) in [6.07, 6.45) is 0. The first kappa shape index (κ1) is 15.4. The fourth-order valence-electron chi connectivity index (χ4n) is 2.24. The van der Waals surface area contributed by atoms with E-state index >= 15 is 0 Å². The molecule has 0 saturated carbocycles. The van der Waals surface area contributed by atoms with Gasteiger partial charge in [-0.25, -0.2) is 0 Å². The molecule has 0 atom stereocenters. The fraction of sp³-hybridized carbons (Fsp3) is 0.188. The van der Waals surface area contributed by atoms with Gasteiger partial charge in [0.1, 0.15) is 0 Å². The van der Waals surface area contributed by atoms with Crippen LogP contribution < -0.4 is 10.6 Å². The van der Waals surface area contributed by atoms with Crippen molar-refractivity contribution < 1.29 is 5.21 Å². The molecule has 0 heterocycles. The summed E-state index contributed by atoms with van der Waals surface area (Å²) in [6, 6.07) is 14.1. The molecule has 110 valence electrons. The van der Waals surface area contributed by atoms with Gasteiger partial charge in [-0.3, -0.25) is 0 Å². The van der Waals surface area contributed by atoms with Gasteiger partial charge in [-0.1, -0.05) is 17.3 Å². The highest BCUT2D eigenvalue weighted by atomic mass is 79.9. The Labute approximate surface area is 133 Å². The maximum atomic E-state index is 8.78. The number of anilines is 2. The quantitative estimate of drug-likeness (QED) is 0.380. The zero-order chi connectivity index (χ0) is 15.4. The Morgan fingerprint density at radius 3 is 2.52 bits per heavy atom. The summed E-state index contributed by atoms with van der Waals surface area (Å²) in [7, 11) is 0. The van der Waals surface area contributed by atoms with E-state index in [-0.39, 0.29) is 5.84 Å². The van der Waals surface area contributed by atoms with Crippen LogP contribution in [-0.4, -0.2) is 17.6 Å². The van der Waals surface area contributed by atoms with E-state index in [1.807, 2.05) is 24.3 Å². The highest BCUT2D eigenvalue weighted by Gasteiger charge is 2.11. The maximum absolute atomic E-state index is 8.78. The molecule has 2 aromatic rings. The molecule has 2 rings (SSSR count). The van der Waals surface area contributed by atoms with Crippen molar-refractivity contribution in [3.63, 3.8) is 0 Å². The van der Waals surface area contributed by atoms with E-state index in [9.17, 15) is 0 Å². The van der Waals surface area contributed by atoms with Crippen molar-refractivity contribution in [1.29, 1.82) is 0 Å². The van der Waals surface area contributed by atoms with Gasteiger partial charge in [0, 0.05) is 28.0 Å². The van der Waals surface area contributed by atoms with E-state index in [2.05, 4.69) is 58.0 Å². The smallest absolute Gasteiger partial charge is 0.171 e. The molecule has 0 amide bonds. The minimum absolute atomic E-state index is 0.0898. The van der Waals surface area contributed by atoms with Gasteiger partial charge in [-0.15, -0.1) is 0 Å². The van der Waals surface area contributed by atoms with Crippen molar-refractivity contribution in [2.75, 3.05) is 11.4 Å². The number of hydrogen-bond donors (Lipinski definition) is 2. The van der Waals surface area contributed by atoms with E-state index in [0.717, 1.165) is 22.4 Å². The Bertz CT molecular complexity index is 670. The third-order valence-corrected chi connectivity index (χ3v) is 3.93. The second-order valence-corrected chi connectivity index (χ2v) is 5.59. The standard InChI is InChI=1S/C16H18BrN3O/c1-3-20(12-6-4-5-11(2)9-12)13-7-8-14(15(17)10-13)16(18)19-21/h4-10,21H,3H2,1-2H3,(H2,18,19). The van der Waals surface area contributed by atoms with Gasteiger partial charge in [0.2, 0.25) is 0 Å². The number of nitrogens with zero attached hydrogens (tertiary/aromatic N) is 2. The van der Waals surface area contributed by atoms with Crippen LogP contribution in [0.25, 0.3) is 0 Å². The molecule has 0 unspecified atom stereocenters. The first-order valence-corrected chi connectivity index (χ1v) is 7.47. The van der Waals surface area contributed by atoms with Crippen molar-refractivity contribution in [1.82, 2.24) is 0 Å². The van der Waals surface area contributed by atoms with Gasteiger partial charge in [0.25, 0.3) is 0 Å². The van der Waals surface area contributed by atoms with Crippen molar-refractivity contribution >= 4 is 33.1 Å².